The zero-order valence-electron chi connectivity index (χ0n) is 19.2. The van der Waals surface area contributed by atoms with Crippen molar-refractivity contribution in [3.05, 3.63) is 35.4 Å². The molecule has 8 heteroatoms. The van der Waals surface area contributed by atoms with E-state index in [1.807, 2.05) is 24.3 Å². The second-order valence-electron chi connectivity index (χ2n) is 8.48. The molecule has 1 saturated heterocycles. The largest absolute Gasteiger partial charge is 0.357 e. The van der Waals surface area contributed by atoms with Crippen molar-refractivity contribution >= 4 is 47.6 Å². The number of nitrogens with one attached hydrogen (secondary N) is 2. The third kappa shape index (κ3) is 7.25. The van der Waals surface area contributed by atoms with Gasteiger partial charge in [-0.2, -0.15) is 11.8 Å². The Kier molecular flexibility index (Phi) is 10.9. The molecule has 0 aromatic heterocycles. The van der Waals surface area contributed by atoms with Gasteiger partial charge in [-0.15, -0.1) is 24.0 Å². The Morgan fingerprint density at radius 2 is 1.77 bits per heavy atom. The predicted molar refractivity (Wildman–Crippen MR) is 143 cm³/mol. The van der Waals surface area contributed by atoms with E-state index < -0.39 is 0 Å². The van der Waals surface area contributed by atoms with Gasteiger partial charge in [0.05, 0.1) is 6.54 Å². The molecule has 31 heavy (non-hydrogen) atoms. The average Bonchev–Trinajstić information content (AvgIpc) is 3.26. The minimum Gasteiger partial charge on any atom is -0.357 e. The van der Waals surface area contributed by atoms with Crippen molar-refractivity contribution in [2.45, 2.75) is 44.7 Å². The maximum absolute atomic E-state index is 12.1. The fraction of sp³-hybridized carbons (Fsp3) is 0.652. The Morgan fingerprint density at radius 1 is 1.13 bits per heavy atom. The van der Waals surface area contributed by atoms with E-state index in [0.29, 0.717) is 12.1 Å². The summed E-state index contributed by atoms with van der Waals surface area (Å²) in [4.78, 5) is 21.2. The van der Waals surface area contributed by atoms with Crippen molar-refractivity contribution in [3.63, 3.8) is 0 Å². The molecule has 174 valence electrons. The Balaban J connectivity index is 0.00000341. The maximum Gasteiger partial charge on any atom is 0.253 e. The number of carbonyl (C=O) groups excluding carboxylic acids is 1. The van der Waals surface area contributed by atoms with E-state index >= 15 is 0 Å². The molecule has 1 saturated carbocycles. The zero-order valence-corrected chi connectivity index (χ0v) is 22.3. The number of halogens is 1. The SMILES string of the molecule is CCNC(=NCc1ccc(C(=O)N(C)C)cc1)NCC1(N2CCSCC2)CCCC1.I. The molecule has 2 fully saturated rings. The fourth-order valence-corrected chi connectivity index (χ4v) is 5.35. The average molecular weight is 560 g/mol. The second kappa shape index (κ2) is 12.9. The van der Waals surface area contributed by atoms with Crippen molar-refractivity contribution in [1.82, 2.24) is 20.4 Å². The first kappa shape index (κ1) is 26.3. The van der Waals surface area contributed by atoms with E-state index in [-0.39, 0.29) is 35.4 Å². The van der Waals surface area contributed by atoms with Crippen molar-refractivity contribution < 1.29 is 4.79 Å². The molecule has 0 radical (unpaired) electrons. The van der Waals surface area contributed by atoms with Gasteiger partial charge in [0.1, 0.15) is 0 Å². The lowest BCUT2D eigenvalue weighted by Crippen LogP contribution is -2.57. The summed E-state index contributed by atoms with van der Waals surface area (Å²) in [6, 6.07) is 7.76. The molecule has 6 nitrogen and oxygen atoms in total. The quantitative estimate of drug-likeness (QED) is 0.305. The molecule has 3 rings (SSSR count). The van der Waals surface area contributed by atoms with Crippen LogP contribution in [-0.2, 0) is 6.54 Å². The van der Waals surface area contributed by atoms with Gasteiger partial charge < -0.3 is 15.5 Å². The first-order valence-corrected chi connectivity index (χ1v) is 12.3. The van der Waals surface area contributed by atoms with Gasteiger partial charge in [0.2, 0.25) is 0 Å². The third-order valence-electron chi connectivity index (χ3n) is 6.17. The smallest absolute Gasteiger partial charge is 0.253 e. The highest BCUT2D eigenvalue weighted by molar-refractivity contribution is 14.0. The first-order valence-electron chi connectivity index (χ1n) is 11.2. The Morgan fingerprint density at radius 3 is 2.35 bits per heavy atom. The van der Waals surface area contributed by atoms with Crippen LogP contribution in [0.2, 0.25) is 0 Å². The highest BCUT2D eigenvalue weighted by atomic mass is 127. The summed E-state index contributed by atoms with van der Waals surface area (Å²) < 4.78 is 0. The van der Waals surface area contributed by atoms with E-state index in [2.05, 4.69) is 34.2 Å². The molecule has 1 amide bonds. The summed E-state index contributed by atoms with van der Waals surface area (Å²) in [6.45, 7) is 6.91. The molecule has 2 aliphatic rings. The molecular formula is C23H38IN5OS. The molecule has 1 aliphatic carbocycles. The van der Waals surface area contributed by atoms with Gasteiger partial charge in [0, 0.05) is 62.9 Å². The Hall–Kier alpha value is -1.00. The first-order chi connectivity index (χ1) is 14.5. The third-order valence-corrected chi connectivity index (χ3v) is 7.11. The van der Waals surface area contributed by atoms with Gasteiger partial charge in [-0.05, 0) is 37.5 Å². The predicted octanol–water partition coefficient (Wildman–Crippen LogP) is 3.42. The summed E-state index contributed by atoms with van der Waals surface area (Å²) in [5.41, 5.74) is 2.09. The molecule has 1 heterocycles. The summed E-state index contributed by atoms with van der Waals surface area (Å²) in [6.07, 6.45) is 5.23. The van der Waals surface area contributed by atoms with Crippen LogP contribution in [0.25, 0.3) is 0 Å². The maximum atomic E-state index is 12.1. The molecule has 0 unspecified atom stereocenters. The lowest BCUT2D eigenvalue weighted by Gasteiger charge is -2.43. The minimum atomic E-state index is 0. The van der Waals surface area contributed by atoms with Gasteiger partial charge in [-0.25, -0.2) is 4.99 Å². The van der Waals surface area contributed by atoms with E-state index in [1.54, 1.807) is 19.0 Å². The number of thioether (sulfide) groups is 1. The number of amides is 1. The zero-order chi connectivity index (χ0) is 21.4. The minimum absolute atomic E-state index is 0. The summed E-state index contributed by atoms with van der Waals surface area (Å²) in [5, 5.41) is 7.04. The van der Waals surface area contributed by atoms with E-state index in [4.69, 9.17) is 4.99 Å². The van der Waals surface area contributed by atoms with Crippen LogP contribution >= 0.6 is 35.7 Å². The van der Waals surface area contributed by atoms with E-state index in [9.17, 15) is 4.79 Å². The van der Waals surface area contributed by atoms with Crippen LogP contribution in [0.3, 0.4) is 0 Å². The van der Waals surface area contributed by atoms with Crippen LogP contribution in [0.4, 0.5) is 0 Å². The standard InChI is InChI=1S/C23H37N5OS.HI/c1-4-24-22(25-17-19-7-9-20(10-8-19)21(29)27(2)3)26-18-23(11-5-6-12-23)28-13-15-30-16-14-28;/h7-10H,4-6,11-18H2,1-3H3,(H2,24,25,26);1H. The normalized spacial score (nSPS) is 18.9. The van der Waals surface area contributed by atoms with Crippen LogP contribution in [0.1, 0.15) is 48.5 Å². The van der Waals surface area contributed by atoms with Crippen LogP contribution in [0, 0.1) is 0 Å². The number of aliphatic imine (C=N–C) groups is 1. The number of guanidine groups is 1. The summed E-state index contributed by atoms with van der Waals surface area (Å²) in [7, 11) is 3.55. The van der Waals surface area contributed by atoms with Crippen molar-refractivity contribution in [3.8, 4) is 0 Å². The number of nitrogens with zero attached hydrogens (tertiary/aromatic N) is 3. The van der Waals surface area contributed by atoms with Crippen molar-refractivity contribution in [1.29, 1.82) is 0 Å². The van der Waals surface area contributed by atoms with Gasteiger partial charge in [-0.1, -0.05) is 25.0 Å². The number of hydrogen-bond donors (Lipinski definition) is 2. The molecule has 0 atom stereocenters. The number of rotatable bonds is 7. The summed E-state index contributed by atoms with van der Waals surface area (Å²) >= 11 is 2.08. The fourth-order valence-electron chi connectivity index (χ4n) is 4.45. The monoisotopic (exact) mass is 559 g/mol. The van der Waals surface area contributed by atoms with Crippen LogP contribution < -0.4 is 10.6 Å². The molecule has 0 spiro atoms. The Bertz CT molecular complexity index is 713. The number of benzene rings is 1. The van der Waals surface area contributed by atoms with Gasteiger partial charge in [0.15, 0.2) is 5.96 Å². The summed E-state index contributed by atoms with van der Waals surface area (Å²) in [5.74, 6) is 3.41. The molecular weight excluding hydrogens is 521 g/mol. The molecule has 0 bridgehead atoms. The van der Waals surface area contributed by atoms with E-state index in [1.165, 1.54) is 50.3 Å². The van der Waals surface area contributed by atoms with Crippen LogP contribution in [-0.4, -0.2) is 79.0 Å². The van der Waals surface area contributed by atoms with Crippen LogP contribution in [0.15, 0.2) is 29.3 Å². The molecule has 1 aromatic rings. The Labute approximate surface area is 209 Å². The number of carbonyl (C=O) groups is 1. The lowest BCUT2D eigenvalue weighted by molar-refractivity contribution is 0.0827. The van der Waals surface area contributed by atoms with E-state index in [0.717, 1.165) is 24.6 Å². The second-order valence-corrected chi connectivity index (χ2v) is 9.70. The van der Waals surface area contributed by atoms with Gasteiger partial charge in [0.25, 0.3) is 5.91 Å². The highest BCUT2D eigenvalue weighted by Gasteiger charge is 2.39. The molecule has 2 N–H and O–H groups in total. The molecule has 1 aromatic carbocycles. The topological polar surface area (TPSA) is 60.0 Å². The number of hydrogen-bond acceptors (Lipinski definition) is 4. The lowest BCUT2D eigenvalue weighted by atomic mass is 9.94. The van der Waals surface area contributed by atoms with Crippen LogP contribution in [0.5, 0.6) is 0 Å². The van der Waals surface area contributed by atoms with Crippen molar-refractivity contribution in [2.24, 2.45) is 4.99 Å². The van der Waals surface area contributed by atoms with Gasteiger partial charge >= 0.3 is 0 Å². The molecule has 1 aliphatic heterocycles. The van der Waals surface area contributed by atoms with Crippen molar-refractivity contribution in [2.75, 3.05) is 51.8 Å². The van der Waals surface area contributed by atoms with Gasteiger partial charge in [-0.3, -0.25) is 9.69 Å². The highest BCUT2D eigenvalue weighted by Crippen LogP contribution is 2.36.